The van der Waals surface area contributed by atoms with Gasteiger partial charge in [0.1, 0.15) is 6.10 Å². The number of benzene rings is 1. The van der Waals surface area contributed by atoms with Gasteiger partial charge in [-0.2, -0.15) is 0 Å². The molecule has 3 atom stereocenters. The Morgan fingerprint density at radius 2 is 1.95 bits per heavy atom. The van der Waals surface area contributed by atoms with Crippen molar-refractivity contribution in [1.29, 1.82) is 0 Å². The monoisotopic (exact) mass is 308 g/mol. The molecular weight excluding hydrogens is 284 g/mol. The molecule has 0 aliphatic heterocycles. The predicted octanol–water partition coefficient (Wildman–Crippen LogP) is 1.88. The Morgan fingerprint density at radius 3 is 2.50 bits per heavy atom. The molecule has 6 nitrogen and oxygen atoms in total. The van der Waals surface area contributed by atoms with Crippen LogP contribution in [0.25, 0.3) is 0 Å². The summed E-state index contributed by atoms with van der Waals surface area (Å²) in [5.41, 5.74) is 5.91. The normalized spacial score (nSPS) is 14.7. The maximum Gasteiger partial charge on any atom is 0.404 e. The van der Waals surface area contributed by atoms with Gasteiger partial charge in [-0.15, -0.1) is 0 Å². The van der Waals surface area contributed by atoms with E-state index in [1.807, 2.05) is 44.2 Å². The number of carbonyl (C=O) groups is 2. The third-order valence-corrected chi connectivity index (χ3v) is 3.39. The lowest BCUT2D eigenvalue weighted by Crippen LogP contribution is -2.45. The molecule has 0 spiro atoms. The van der Waals surface area contributed by atoms with Crippen LogP contribution >= 0.6 is 0 Å². The zero-order valence-corrected chi connectivity index (χ0v) is 13.0. The molecule has 4 N–H and O–H groups in total. The van der Waals surface area contributed by atoms with Crippen LogP contribution in [0.3, 0.4) is 0 Å². The number of amides is 2. The number of hydrogen-bond donors (Lipinski definition) is 3. The van der Waals surface area contributed by atoms with Gasteiger partial charge in [-0.1, -0.05) is 43.7 Å². The van der Waals surface area contributed by atoms with E-state index in [1.165, 1.54) is 0 Å². The third-order valence-electron chi connectivity index (χ3n) is 3.39. The molecule has 0 unspecified atom stereocenters. The summed E-state index contributed by atoms with van der Waals surface area (Å²) < 4.78 is 4.85. The first-order valence-corrected chi connectivity index (χ1v) is 7.45. The van der Waals surface area contributed by atoms with Crippen molar-refractivity contribution < 1.29 is 19.4 Å². The fourth-order valence-corrected chi connectivity index (χ4v) is 2.13. The molecule has 122 valence electrons. The van der Waals surface area contributed by atoms with Crippen molar-refractivity contribution >= 4 is 12.0 Å². The highest BCUT2D eigenvalue weighted by atomic mass is 16.6. The predicted molar refractivity (Wildman–Crippen MR) is 83.0 cm³/mol. The van der Waals surface area contributed by atoms with Crippen molar-refractivity contribution in [2.24, 2.45) is 5.73 Å². The molecule has 6 heteroatoms. The average molecular weight is 308 g/mol. The minimum absolute atomic E-state index is 0.260. The molecule has 0 saturated heterocycles. The van der Waals surface area contributed by atoms with Gasteiger partial charge in [0, 0.05) is 0 Å². The van der Waals surface area contributed by atoms with Gasteiger partial charge in [0.25, 0.3) is 5.91 Å². The van der Waals surface area contributed by atoms with Gasteiger partial charge in [-0.25, -0.2) is 4.79 Å². The molecule has 0 aromatic heterocycles. The smallest absolute Gasteiger partial charge is 0.404 e. The largest absolute Gasteiger partial charge is 0.443 e. The van der Waals surface area contributed by atoms with Crippen LogP contribution in [0.4, 0.5) is 4.79 Å². The summed E-state index contributed by atoms with van der Waals surface area (Å²) in [6.45, 7) is 3.78. The maximum absolute atomic E-state index is 12.1. The zero-order chi connectivity index (χ0) is 16.5. The molecule has 0 radical (unpaired) electrons. The van der Waals surface area contributed by atoms with Crippen LogP contribution in [0, 0.1) is 0 Å². The molecule has 1 rings (SSSR count). The highest BCUT2D eigenvalue weighted by molar-refractivity contribution is 5.82. The van der Waals surface area contributed by atoms with Gasteiger partial charge in [0.05, 0.1) is 6.04 Å². The lowest BCUT2D eigenvalue weighted by molar-refractivity contribution is -0.136. The highest BCUT2D eigenvalue weighted by Gasteiger charge is 2.29. The summed E-state index contributed by atoms with van der Waals surface area (Å²) in [6, 6.07) is 9.12. The number of carbonyl (C=O) groups excluding carboxylic acids is 2. The lowest BCUT2D eigenvalue weighted by Gasteiger charge is -2.23. The summed E-state index contributed by atoms with van der Waals surface area (Å²) in [7, 11) is 0. The zero-order valence-electron chi connectivity index (χ0n) is 13.0. The molecule has 0 aliphatic rings. The van der Waals surface area contributed by atoms with Crippen LogP contribution in [0.1, 0.15) is 44.7 Å². The number of unbranched alkanes of at least 4 members (excludes halogenated alkanes) is 1. The van der Waals surface area contributed by atoms with Gasteiger partial charge in [0.15, 0.2) is 6.10 Å². The molecule has 0 heterocycles. The summed E-state index contributed by atoms with van der Waals surface area (Å²) in [6.07, 6.45) is -1.41. The van der Waals surface area contributed by atoms with Crippen LogP contribution in [0.15, 0.2) is 30.3 Å². The van der Waals surface area contributed by atoms with Crippen molar-refractivity contribution in [3.63, 3.8) is 0 Å². The second-order valence-corrected chi connectivity index (χ2v) is 5.20. The van der Waals surface area contributed by atoms with Crippen LogP contribution < -0.4 is 11.1 Å². The van der Waals surface area contributed by atoms with E-state index in [4.69, 9.17) is 10.5 Å². The Morgan fingerprint density at radius 1 is 1.32 bits per heavy atom. The molecule has 0 aliphatic carbocycles. The fourth-order valence-electron chi connectivity index (χ4n) is 2.13. The summed E-state index contributed by atoms with van der Waals surface area (Å²) >= 11 is 0. The van der Waals surface area contributed by atoms with E-state index in [1.54, 1.807) is 0 Å². The van der Waals surface area contributed by atoms with E-state index < -0.39 is 24.2 Å². The summed E-state index contributed by atoms with van der Waals surface area (Å²) in [5, 5.41) is 12.8. The standard InChI is InChI=1S/C16H24N2O4/c1-3-4-10-13(22-16(17)21)14(19)15(20)18-11(2)12-8-6-5-7-9-12/h5-9,11,13-14,19H,3-4,10H2,1-2H3,(H2,17,21)(H,18,20)/t11-,13+,14+/m1/s1. The number of hydrogen-bond acceptors (Lipinski definition) is 4. The van der Waals surface area contributed by atoms with Gasteiger partial charge in [-0.05, 0) is 25.3 Å². The van der Waals surface area contributed by atoms with Gasteiger partial charge in [0.2, 0.25) is 0 Å². The Bertz CT molecular complexity index is 478. The van der Waals surface area contributed by atoms with Crippen molar-refractivity contribution in [2.45, 2.75) is 51.4 Å². The number of primary amides is 1. The molecule has 1 aromatic carbocycles. The van der Waals surface area contributed by atoms with E-state index in [-0.39, 0.29) is 6.04 Å². The molecule has 0 saturated carbocycles. The van der Waals surface area contributed by atoms with E-state index in [0.717, 1.165) is 18.4 Å². The Labute approximate surface area is 130 Å². The van der Waals surface area contributed by atoms with E-state index in [9.17, 15) is 14.7 Å². The first kappa shape index (κ1) is 18.0. The number of nitrogens with one attached hydrogen (secondary N) is 1. The minimum Gasteiger partial charge on any atom is -0.443 e. The number of nitrogens with two attached hydrogens (primary N) is 1. The molecule has 2 amide bonds. The lowest BCUT2D eigenvalue weighted by atomic mass is 10.0. The summed E-state index contributed by atoms with van der Waals surface area (Å²) in [5.74, 6) is -0.585. The second kappa shape index (κ2) is 9.04. The molecule has 22 heavy (non-hydrogen) atoms. The second-order valence-electron chi connectivity index (χ2n) is 5.20. The number of rotatable bonds is 8. The Hall–Kier alpha value is -2.08. The van der Waals surface area contributed by atoms with Crippen molar-refractivity contribution in [2.75, 3.05) is 0 Å². The molecular formula is C16H24N2O4. The first-order chi connectivity index (χ1) is 10.5. The third kappa shape index (κ3) is 5.73. The molecule has 0 bridgehead atoms. The van der Waals surface area contributed by atoms with Gasteiger partial charge >= 0.3 is 6.09 Å². The molecule has 1 aromatic rings. The Balaban J connectivity index is 2.65. The van der Waals surface area contributed by atoms with Crippen LogP contribution in [0.5, 0.6) is 0 Å². The topological polar surface area (TPSA) is 102 Å². The van der Waals surface area contributed by atoms with Crippen LogP contribution in [-0.2, 0) is 9.53 Å². The number of ether oxygens (including phenoxy) is 1. The SMILES string of the molecule is CCCC[C@H](OC(N)=O)[C@H](O)C(=O)N[C@H](C)c1ccccc1. The van der Waals surface area contributed by atoms with Gasteiger partial charge < -0.3 is 20.9 Å². The van der Waals surface area contributed by atoms with Crippen molar-refractivity contribution in [1.82, 2.24) is 5.32 Å². The minimum atomic E-state index is -1.44. The quantitative estimate of drug-likeness (QED) is 0.682. The van der Waals surface area contributed by atoms with Crippen LogP contribution in [0.2, 0.25) is 0 Å². The number of aliphatic hydroxyl groups excluding tert-OH is 1. The number of aliphatic hydroxyl groups is 1. The van der Waals surface area contributed by atoms with Gasteiger partial charge in [-0.3, -0.25) is 4.79 Å². The fraction of sp³-hybridized carbons (Fsp3) is 0.500. The van der Waals surface area contributed by atoms with E-state index in [0.29, 0.717) is 6.42 Å². The summed E-state index contributed by atoms with van der Waals surface area (Å²) in [4.78, 5) is 23.0. The van der Waals surface area contributed by atoms with Crippen LogP contribution in [-0.4, -0.2) is 29.3 Å². The first-order valence-electron chi connectivity index (χ1n) is 7.45. The highest BCUT2D eigenvalue weighted by Crippen LogP contribution is 2.14. The average Bonchev–Trinajstić information content (AvgIpc) is 2.51. The maximum atomic E-state index is 12.1. The van der Waals surface area contributed by atoms with E-state index in [2.05, 4.69) is 5.32 Å². The van der Waals surface area contributed by atoms with Crippen molar-refractivity contribution in [3.05, 3.63) is 35.9 Å². The Kier molecular flexibility index (Phi) is 7.39. The molecule has 0 fully saturated rings. The van der Waals surface area contributed by atoms with Crippen molar-refractivity contribution in [3.8, 4) is 0 Å². The van der Waals surface area contributed by atoms with E-state index >= 15 is 0 Å².